The summed E-state index contributed by atoms with van der Waals surface area (Å²) < 4.78 is 33.9. The topological polar surface area (TPSA) is 75.6 Å². The number of aromatic nitrogens is 2. The van der Waals surface area contributed by atoms with E-state index in [9.17, 15) is 8.42 Å². The van der Waals surface area contributed by atoms with Crippen LogP contribution in [0.2, 0.25) is 0 Å². The first-order chi connectivity index (χ1) is 12.8. The third-order valence-corrected chi connectivity index (χ3v) is 7.37. The fraction of sp³-hybridized carbons (Fsp3) is 0.474. The van der Waals surface area contributed by atoms with E-state index >= 15 is 0 Å². The first kappa shape index (κ1) is 18.5. The lowest BCUT2D eigenvalue weighted by atomic mass is 9.80. The van der Waals surface area contributed by atoms with Crippen LogP contribution in [-0.4, -0.2) is 60.8 Å². The summed E-state index contributed by atoms with van der Waals surface area (Å²) in [5.41, 5.74) is 3.36. The molecule has 1 fully saturated rings. The zero-order chi connectivity index (χ0) is 19.2. The predicted molar refractivity (Wildman–Crippen MR) is 102 cm³/mol. The van der Waals surface area contributed by atoms with Gasteiger partial charge < -0.3 is 4.74 Å². The van der Waals surface area contributed by atoms with Crippen molar-refractivity contribution in [2.24, 2.45) is 0 Å². The van der Waals surface area contributed by atoms with Crippen LogP contribution in [0.15, 0.2) is 30.3 Å². The molecule has 27 heavy (non-hydrogen) atoms. The van der Waals surface area contributed by atoms with Crippen LogP contribution in [0.1, 0.15) is 23.4 Å². The Hall–Kier alpha value is -1.87. The van der Waals surface area contributed by atoms with Crippen LogP contribution in [0.5, 0.6) is 0 Å². The maximum Gasteiger partial charge on any atom is 0.281 e. The summed E-state index contributed by atoms with van der Waals surface area (Å²) in [4.78, 5) is 9.59. The first-order valence-electron chi connectivity index (χ1n) is 9.02. The highest BCUT2D eigenvalue weighted by Crippen LogP contribution is 2.41. The number of hydrogen-bond donors (Lipinski definition) is 0. The minimum atomic E-state index is -3.46. The largest absolute Gasteiger partial charge is 0.376 e. The SMILES string of the molecule is Cc1nc(-c2ccccc2)nc2c1COC[C@@]21CCN(S(=O)(=O)N(C)C)C1. The summed E-state index contributed by atoms with van der Waals surface area (Å²) >= 11 is 0. The number of fused-ring (bicyclic) bond motifs is 2. The van der Waals surface area contributed by atoms with Gasteiger partial charge >= 0.3 is 0 Å². The third-order valence-electron chi connectivity index (χ3n) is 5.48. The van der Waals surface area contributed by atoms with Crippen LogP contribution in [-0.2, 0) is 27.0 Å². The van der Waals surface area contributed by atoms with Gasteiger partial charge in [0.2, 0.25) is 0 Å². The van der Waals surface area contributed by atoms with E-state index in [0.29, 0.717) is 38.5 Å². The minimum absolute atomic E-state index is 0.380. The lowest BCUT2D eigenvalue weighted by Crippen LogP contribution is -2.44. The number of ether oxygens (including phenoxy) is 1. The smallest absolute Gasteiger partial charge is 0.281 e. The van der Waals surface area contributed by atoms with Crippen molar-refractivity contribution in [3.05, 3.63) is 47.3 Å². The van der Waals surface area contributed by atoms with Crippen molar-refractivity contribution in [2.45, 2.75) is 25.4 Å². The monoisotopic (exact) mass is 388 g/mol. The van der Waals surface area contributed by atoms with Gasteiger partial charge in [0.25, 0.3) is 10.2 Å². The zero-order valence-corrected chi connectivity index (χ0v) is 16.7. The lowest BCUT2D eigenvalue weighted by molar-refractivity contribution is 0.0525. The molecular weight excluding hydrogens is 364 g/mol. The molecule has 0 aliphatic carbocycles. The molecule has 144 valence electrons. The molecule has 0 radical (unpaired) electrons. The second kappa shape index (κ2) is 6.63. The van der Waals surface area contributed by atoms with Crippen LogP contribution in [0.3, 0.4) is 0 Å². The van der Waals surface area contributed by atoms with Gasteiger partial charge in [-0.3, -0.25) is 0 Å². The molecule has 7 nitrogen and oxygen atoms in total. The van der Waals surface area contributed by atoms with Gasteiger partial charge in [-0.05, 0) is 13.3 Å². The summed E-state index contributed by atoms with van der Waals surface area (Å²) in [6.07, 6.45) is 0.692. The third kappa shape index (κ3) is 3.06. The molecule has 0 bridgehead atoms. The molecule has 1 aromatic carbocycles. The standard InChI is InChI=1S/C19H24N4O3S/c1-14-16-11-26-13-19(9-10-23(12-19)27(24,25)22(2)3)17(16)21-18(20-14)15-7-5-4-6-8-15/h4-8H,9-13H2,1-3H3/t19-/m0/s1. The van der Waals surface area contributed by atoms with Gasteiger partial charge in [-0.25, -0.2) is 9.97 Å². The summed E-state index contributed by atoms with van der Waals surface area (Å²) in [6, 6.07) is 9.88. The average Bonchev–Trinajstić information content (AvgIpc) is 3.08. The van der Waals surface area contributed by atoms with Gasteiger partial charge in [-0.2, -0.15) is 17.0 Å². The number of aryl methyl sites for hydroxylation is 1. The fourth-order valence-electron chi connectivity index (χ4n) is 3.91. The molecule has 8 heteroatoms. The van der Waals surface area contributed by atoms with E-state index in [2.05, 4.69) is 4.98 Å². The average molecular weight is 388 g/mol. The van der Waals surface area contributed by atoms with Gasteiger partial charge in [0.15, 0.2) is 5.82 Å². The molecule has 1 aromatic heterocycles. The summed E-state index contributed by atoms with van der Waals surface area (Å²) in [7, 11) is -0.337. The van der Waals surface area contributed by atoms with Gasteiger partial charge in [0, 0.05) is 44.0 Å². The summed E-state index contributed by atoms with van der Waals surface area (Å²) in [5.74, 6) is 0.682. The zero-order valence-electron chi connectivity index (χ0n) is 15.8. The van der Waals surface area contributed by atoms with Gasteiger partial charge in [0.1, 0.15) is 0 Å². The number of rotatable bonds is 3. The van der Waals surface area contributed by atoms with E-state index in [0.717, 1.165) is 22.5 Å². The normalized spacial score (nSPS) is 23.1. The highest BCUT2D eigenvalue weighted by molar-refractivity contribution is 7.86. The molecule has 0 saturated carbocycles. The fourth-order valence-corrected chi connectivity index (χ4v) is 5.11. The Morgan fingerprint density at radius 3 is 2.63 bits per heavy atom. The van der Waals surface area contributed by atoms with Crippen molar-refractivity contribution in [3.63, 3.8) is 0 Å². The Bertz CT molecular complexity index is 962. The van der Waals surface area contributed by atoms with Crippen molar-refractivity contribution in [2.75, 3.05) is 33.8 Å². The Morgan fingerprint density at radius 2 is 1.93 bits per heavy atom. The van der Waals surface area contributed by atoms with E-state index in [4.69, 9.17) is 9.72 Å². The van der Waals surface area contributed by atoms with Crippen LogP contribution >= 0.6 is 0 Å². The molecule has 3 heterocycles. The lowest BCUT2D eigenvalue weighted by Gasteiger charge is -2.35. The quantitative estimate of drug-likeness (QED) is 0.800. The van der Waals surface area contributed by atoms with Crippen LogP contribution < -0.4 is 0 Å². The molecule has 2 aromatic rings. The van der Waals surface area contributed by atoms with Crippen LogP contribution in [0, 0.1) is 6.92 Å². The second-order valence-electron chi connectivity index (χ2n) is 7.47. The van der Waals surface area contributed by atoms with Gasteiger partial charge in [0.05, 0.1) is 24.3 Å². The molecule has 0 amide bonds. The molecule has 2 aliphatic rings. The Kier molecular flexibility index (Phi) is 4.54. The van der Waals surface area contributed by atoms with Crippen molar-refractivity contribution >= 4 is 10.2 Å². The van der Waals surface area contributed by atoms with E-state index in [1.807, 2.05) is 37.3 Å². The molecule has 2 aliphatic heterocycles. The van der Waals surface area contributed by atoms with E-state index in [1.165, 1.54) is 8.61 Å². The van der Waals surface area contributed by atoms with Gasteiger partial charge in [-0.15, -0.1) is 0 Å². The number of benzene rings is 1. The maximum absolute atomic E-state index is 12.6. The molecule has 0 unspecified atom stereocenters. The van der Waals surface area contributed by atoms with E-state index in [-0.39, 0.29) is 0 Å². The number of hydrogen-bond acceptors (Lipinski definition) is 5. The van der Waals surface area contributed by atoms with Crippen molar-refractivity contribution < 1.29 is 13.2 Å². The highest BCUT2D eigenvalue weighted by atomic mass is 32.2. The first-order valence-corrected chi connectivity index (χ1v) is 10.4. The van der Waals surface area contributed by atoms with E-state index in [1.54, 1.807) is 14.1 Å². The second-order valence-corrected chi connectivity index (χ2v) is 9.62. The Balaban J connectivity index is 1.79. The van der Waals surface area contributed by atoms with Crippen LogP contribution in [0.25, 0.3) is 11.4 Å². The molecule has 4 rings (SSSR count). The summed E-state index contributed by atoms with van der Waals surface area (Å²) in [5, 5.41) is 0. The Morgan fingerprint density at radius 1 is 1.19 bits per heavy atom. The van der Waals surface area contributed by atoms with Crippen molar-refractivity contribution in [1.29, 1.82) is 0 Å². The Labute approximate surface area is 160 Å². The molecule has 1 spiro atoms. The van der Waals surface area contributed by atoms with Crippen molar-refractivity contribution in [3.8, 4) is 11.4 Å². The maximum atomic E-state index is 12.6. The van der Waals surface area contributed by atoms with Crippen LogP contribution in [0.4, 0.5) is 0 Å². The summed E-state index contributed by atoms with van der Waals surface area (Å²) in [6.45, 7) is 3.76. The highest BCUT2D eigenvalue weighted by Gasteiger charge is 2.48. The molecule has 1 saturated heterocycles. The molecule has 1 atom stereocenters. The molecule has 0 N–H and O–H groups in total. The number of nitrogens with zero attached hydrogens (tertiary/aromatic N) is 4. The van der Waals surface area contributed by atoms with Crippen molar-refractivity contribution in [1.82, 2.24) is 18.6 Å². The minimum Gasteiger partial charge on any atom is -0.376 e. The predicted octanol–water partition coefficient (Wildman–Crippen LogP) is 1.73. The van der Waals surface area contributed by atoms with E-state index < -0.39 is 15.6 Å². The van der Waals surface area contributed by atoms with Gasteiger partial charge in [-0.1, -0.05) is 30.3 Å². The molecular formula is C19H24N4O3S.